The molecule has 1 atom stereocenters. The fourth-order valence-electron chi connectivity index (χ4n) is 2.43. The zero-order valence-electron chi connectivity index (χ0n) is 18.0. The molecule has 1 aromatic carbocycles. The van der Waals surface area contributed by atoms with E-state index in [2.05, 4.69) is 29.5 Å². The number of nitrogens with zero attached hydrogens (tertiary/aromatic N) is 1. The molecule has 0 fully saturated rings. The number of amides is 1. The smallest absolute Gasteiger partial charge is 0.358 e. The summed E-state index contributed by atoms with van der Waals surface area (Å²) < 4.78 is 5.29. The Balaban J connectivity index is 1.91. The number of esters is 1. The van der Waals surface area contributed by atoms with Gasteiger partial charge in [0.05, 0.1) is 0 Å². The highest BCUT2D eigenvalue weighted by atomic mass is 32.1. The van der Waals surface area contributed by atoms with Gasteiger partial charge < -0.3 is 15.4 Å². The number of carbonyl (C=O) groups is 3. The van der Waals surface area contributed by atoms with E-state index in [1.54, 1.807) is 43.5 Å². The average molecular weight is 432 g/mol. The largest absolute Gasteiger partial charge is 0.450 e. The van der Waals surface area contributed by atoms with E-state index in [9.17, 15) is 14.4 Å². The first kappa shape index (κ1) is 23.5. The third-order valence-corrected chi connectivity index (χ3v) is 5.13. The minimum atomic E-state index is -0.951. The molecule has 0 aliphatic heterocycles. The zero-order chi connectivity index (χ0) is 22.3. The number of nitrogens with one attached hydrogen (secondary N) is 2. The maximum atomic E-state index is 12.6. The molecule has 0 bridgehead atoms. The van der Waals surface area contributed by atoms with Gasteiger partial charge in [0, 0.05) is 29.1 Å². The molecule has 0 aliphatic carbocycles. The molecule has 2 N–H and O–H groups in total. The van der Waals surface area contributed by atoms with Gasteiger partial charge in [-0.2, -0.15) is 0 Å². The van der Waals surface area contributed by atoms with Gasteiger partial charge in [0.2, 0.25) is 11.7 Å². The summed E-state index contributed by atoms with van der Waals surface area (Å²) in [7, 11) is 0. The molecule has 8 heteroatoms. The van der Waals surface area contributed by atoms with E-state index in [4.69, 9.17) is 4.74 Å². The van der Waals surface area contributed by atoms with Crippen molar-refractivity contribution in [3.8, 4) is 0 Å². The van der Waals surface area contributed by atoms with Crippen LogP contribution < -0.4 is 10.6 Å². The standard InChI is InChI=1S/C22H29N3O4S/c1-13(2)10-11-23-22-25-18(12-30-22)21(28)29-15(5)19(26)16-6-8-17(9-7-16)24-20(27)14(3)4/h6-9,12-15H,10-11H2,1-5H3,(H,23,25)(H,24,27). The molecule has 1 amide bonds. The molecule has 2 aromatic rings. The number of carbonyl (C=O) groups excluding carboxylic acids is 3. The number of hydrogen-bond donors (Lipinski definition) is 2. The molecular formula is C22H29N3O4S. The second-order valence-electron chi connectivity index (χ2n) is 7.78. The summed E-state index contributed by atoms with van der Waals surface area (Å²) in [6.07, 6.45) is 0.0536. The van der Waals surface area contributed by atoms with Crippen molar-refractivity contribution in [1.29, 1.82) is 0 Å². The van der Waals surface area contributed by atoms with Crippen molar-refractivity contribution in [1.82, 2.24) is 4.98 Å². The predicted molar refractivity (Wildman–Crippen MR) is 119 cm³/mol. The molecular weight excluding hydrogens is 402 g/mol. The average Bonchev–Trinajstić information content (AvgIpc) is 3.16. The number of thiazole rings is 1. The molecule has 1 heterocycles. The third-order valence-electron chi connectivity index (χ3n) is 4.33. The molecule has 0 aliphatic rings. The third kappa shape index (κ3) is 6.95. The Morgan fingerprint density at radius 2 is 1.73 bits per heavy atom. The van der Waals surface area contributed by atoms with Gasteiger partial charge in [-0.25, -0.2) is 9.78 Å². The summed E-state index contributed by atoms with van der Waals surface area (Å²) in [5.74, 6) is -0.616. The van der Waals surface area contributed by atoms with Crippen LogP contribution in [-0.4, -0.2) is 35.3 Å². The van der Waals surface area contributed by atoms with E-state index >= 15 is 0 Å². The summed E-state index contributed by atoms with van der Waals surface area (Å²) >= 11 is 1.33. The molecule has 7 nitrogen and oxygen atoms in total. The van der Waals surface area contributed by atoms with Crippen LogP contribution >= 0.6 is 11.3 Å². The second-order valence-corrected chi connectivity index (χ2v) is 8.64. The van der Waals surface area contributed by atoms with E-state index in [1.807, 2.05) is 0 Å². The van der Waals surface area contributed by atoms with Crippen molar-refractivity contribution in [2.75, 3.05) is 17.2 Å². The number of ether oxygens (including phenoxy) is 1. The number of ketones is 1. The van der Waals surface area contributed by atoms with Crippen LogP contribution in [0, 0.1) is 11.8 Å². The van der Waals surface area contributed by atoms with E-state index in [1.165, 1.54) is 18.3 Å². The second kappa shape index (κ2) is 10.9. The lowest BCUT2D eigenvalue weighted by Crippen LogP contribution is -2.24. The van der Waals surface area contributed by atoms with Crippen LogP contribution in [0.3, 0.4) is 0 Å². The van der Waals surface area contributed by atoms with Crippen molar-refractivity contribution in [3.63, 3.8) is 0 Å². The van der Waals surface area contributed by atoms with Gasteiger partial charge in [0.15, 0.2) is 16.9 Å². The number of hydrogen-bond acceptors (Lipinski definition) is 7. The molecule has 1 unspecified atom stereocenters. The Labute approximate surface area is 181 Å². The normalized spacial score (nSPS) is 12.0. The quantitative estimate of drug-likeness (QED) is 0.421. The van der Waals surface area contributed by atoms with Gasteiger partial charge in [-0.05, 0) is 43.5 Å². The number of benzene rings is 1. The Hall–Kier alpha value is -2.74. The van der Waals surface area contributed by atoms with Crippen molar-refractivity contribution in [2.45, 2.75) is 47.1 Å². The molecule has 1 aromatic heterocycles. The first-order valence-electron chi connectivity index (χ1n) is 10.0. The summed E-state index contributed by atoms with van der Waals surface area (Å²) in [5.41, 5.74) is 1.18. The van der Waals surface area contributed by atoms with Crippen molar-refractivity contribution in [2.24, 2.45) is 11.8 Å². The van der Waals surface area contributed by atoms with Gasteiger partial charge in [0.25, 0.3) is 0 Å². The van der Waals surface area contributed by atoms with Crippen LogP contribution in [0.2, 0.25) is 0 Å². The van der Waals surface area contributed by atoms with E-state index in [0.717, 1.165) is 13.0 Å². The first-order valence-corrected chi connectivity index (χ1v) is 10.9. The minimum absolute atomic E-state index is 0.0993. The van der Waals surface area contributed by atoms with Crippen LogP contribution in [-0.2, 0) is 9.53 Å². The maximum Gasteiger partial charge on any atom is 0.358 e. The lowest BCUT2D eigenvalue weighted by atomic mass is 10.1. The molecule has 0 saturated heterocycles. The summed E-state index contributed by atoms with van der Waals surface area (Å²) in [6.45, 7) is 10.2. The van der Waals surface area contributed by atoms with Gasteiger partial charge in [-0.15, -0.1) is 11.3 Å². The molecule has 0 spiro atoms. The minimum Gasteiger partial charge on any atom is -0.450 e. The monoisotopic (exact) mass is 431 g/mol. The molecule has 30 heavy (non-hydrogen) atoms. The van der Waals surface area contributed by atoms with Gasteiger partial charge >= 0.3 is 5.97 Å². The van der Waals surface area contributed by atoms with Crippen molar-refractivity contribution >= 4 is 39.8 Å². The zero-order valence-corrected chi connectivity index (χ0v) is 18.8. The Morgan fingerprint density at radius 3 is 2.33 bits per heavy atom. The van der Waals surface area contributed by atoms with Gasteiger partial charge in [0.1, 0.15) is 0 Å². The molecule has 0 saturated carbocycles. The summed E-state index contributed by atoms with van der Waals surface area (Å²) in [6, 6.07) is 6.50. The predicted octanol–water partition coefficient (Wildman–Crippen LogP) is 4.62. The van der Waals surface area contributed by atoms with Gasteiger partial charge in [-0.1, -0.05) is 27.7 Å². The fourth-order valence-corrected chi connectivity index (χ4v) is 3.14. The highest BCUT2D eigenvalue weighted by molar-refractivity contribution is 7.13. The Bertz CT molecular complexity index is 875. The number of aromatic nitrogens is 1. The van der Waals surface area contributed by atoms with Gasteiger partial charge in [-0.3, -0.25) is 9.59 Å². The molecule has 2 rings (SSSR count). The lowest BCUT2D eigenvalue weighted by molar-refractivity contribution is -0.118. The van der Waals surface area contributed by atoms with Crippen molar-refractivity contribution in [3.05, 3.63) is 40.9 Å². The van der Waals surface area contributed by atoms with Crippen LogP contribution in [0.4, 0.5) is 10.8 Å². The van der Waals surface area contributed by atoms with E-state index in [-0.39, 0.29) is 23.3 Å². The summed E-state index contributed by atoms with van der Waals surface area (Å²) in [5, 5.41) is 8.21. The summed E-state index contributed by atoms with van der Waals surface area (Å²) in [4.78, 5) is 40.9. The number of rotatable bonds is 10. The van der Waals surface area contributed by atoms with Crippen LogP contribution in [0.25, 0.3) is 0 Å². The Kier molecular flexibility index (Phi) is 8.53. The van der Waals surface area contributed by atoms with Crippen LogP contribution in [0.15, 0.2) is 29.6 Å². The number of Topliss-reactive ketones (excluding diaryl/α,β-unsaturated/α-hetero) is 1. The SMILES string of the molecule is CC(C)CCNc1nc(C(=O)OC(C)C(=O)c2ccc(NC(=O)C(C)C)cc2)cs1. The molecule has 162 valence electrons. The first-order chi connectivity index (χ1) is 14.2. The van der Waals surface area contributed by atoms with E-state index < -0.39 is 12.1 Å². The fraction of sp³-hybridized carbons (Fsp3) is 0.455. The van der Waals surface area contributed by atoms with Crippen LogP contribution in [0.1, 0.15) is 61.9 Å². The highest BCUT2D eigenvalue weighted by Crippen LogP contribution is 2.18. The van der Waals surface area contributed by atoms with Crippen molar-refractivity contribution < 1.29 is 19.1 Å². The Morgan fingerprint density at radius 1 is 1.07 bits per heavy atom. The van der Waals surface area contributed by atoms with Crippen LogP contribution in [0.5, 0.6) is 0 Å². The molecule has 0 radical (unpaired) electrons. The highest BCUT2D eigenvalue weighted by Gasteiger charge is 2.22. The van der Waals surface area contributed by atoms with E-state index in [0.29, 0.717) is 22.3 Å². The lowest BCUT2D eigenvalue weighted by Gasteiger charge is -2.12. The number of anilines is 2. The maximum absolute atomic E-state index is 12.6. The topological polar surface area (TPSA) is 97.4 Å².